The lowest BCUT2D eigenvalue weighted by Crippen LogP contribution is -2.42. The highest BCUT2D eigenvalue weighted by atomic mass is 16.2. The van der Waals surface area contributed by atoms with Gasteiger partial charge in [-0.1, -0.05) is 12.8 Å². The predicted molar refractivity (Wildman–Crippen MR) is 62.0 cm³/mol. The summed E-state index contributed by atoms with van der Waals surface area (Å²) in [7, 11) is 4.02. The van der Waals surface area contributed by atoms with Crippen LogP contribution in [0.15, 0.2) is 0 Å². The number of rotatable bonds is 3. The first-order chi connectivity index (χ1) is 7.20. The summed E-state index contributed by atoms with van der Waals surface area (Å²) < 4.78 is 0. The van der Waals surface area contributed by atoms with Crippen molar-refractivity contribution in [2.24, 2.45) is 0 Å². The van der Waals surface area contributed by atoms with E-state index < -0.39 is 0 Å². The Kier molecular flexibility index (Phi) is 5.47. The summed E-state index contributed by atoms with van der Waals surface area (Å²) in [6.45, 7) is 3.49. The van der Waals surface area contributed by atoms with Crippen LogP contribution in [0.3, 0.4) is 0 Å². The van der Waals surface area contributed by atoms with Gasteiger partial charge in [0.2, 0.25) is 0 Å². The third-order valence-electron chi connectivity index (χ3n) is 2.73. The normalized spacial score (nSPS) is 17.7. The molecular weight excluding hydrogens is 190 g/mol. The summed E-state index contributed by atoms with van der Waals surface area (Å²) in [6.07, 6.45) is 4.84. The molecule has 0 spiro atoms. The molecule has 4 heteroatoms. The maximum Gasteiger partial charge on any atom is 0.317 e. The minimum atomic E-state index is 0.110. The molecule has 0 atom stereocenters. The number of nitrogens with one attached hydrogen (secondary N) is 1. The fourth-order valence-corrected chi connectivity index (χ4v) is 1.77. The molecule has 0 aliphatic carbocycles. The van der Waals surface area contributed by atoms with E-state index >= 15 is 0 Å². The van der Waals surface area contributed by atoms with E-state index in [-0.39, 0.29) is 6.03 Å². The third kappa shape index (κ3) is 5.02. The molecule has 1 aliphatic rings. The van der Waals surface area contributed by atoms with Gasteiger partial charge in [0, 0.05) is 26.2 Å². The summed E-state index contributed by atoms with van der Waals surface area (Å²) in [5.74, 6) is 0. The van der Waals surface area contributed by atoms with Crippen molar-refractivity contribution in [1.82, 2.24) is 15.1 Å². The highest BCUT2D eigenvalue weighted by molar-refractivity contribution is 5.74. The molecule has 1 heterocycles. The molecule has 4 nitrogen and oxygen atoms in total. The minimum Gasteiger partial charge on any atom is -0.337 e. The summed E-state index contributed by atoms with van der Waals surface area (Å²) in [6, 6.07) is 0.110. The molecule has 0 bridgehead atoms. The number of amides is 2. The van der Waals surface area contributed by atoms with E-state index in [0.29, 0.717) is 0 Å². The van der Waals surface area contributed by atoms with Crippen molar-refractivity contribution in [3.8, 4) is 0 Å². The Morgan fingerprint density at radius 3 is 2.33 bits per heavy atom. The smallest absolute Gasteiger partial charge is 0.317 e. The van der Waals surface area contributed by atoms with E-state index in [4.69, 9.17) is 0 Å². The number of hydrogen-bond donors (Lipinski definition) is 1. The van der Waals surface area contributed by atoms with Crippen molar-refractivity contribution in [2.45, 2.75) is 25.7 Å². The van der Waals surface area contributed by atoms with Crippen LogP contribution < -0.4 is 5.32 Å². The van der Waals surface area contributed by atoms with Gasteiger partial charge < -0.3 is 15.1 Å². The van der Waals surface area contributed by atoms with Gasteiger partial charge in [-0.15, -0.1) is 0 Å². The summed E-state index contributed by atoms with van der Waals surface area (Å²) in [5.41, 5.74) is 0. The van der Waals surface area contributed by atoms with Gasteiger partial charge >= 0.3 is 6.03 Å². The van der Waals surface area contributed by atoms with Crippen molar-refractivity contribution in [2.75, 3.05) is 40.3 Å². The van der Waals surface area contributed by atoms with Crippen molar-refractivity contribution in [3.63, 3.8) is 0 Å². The molecule has 1 N–H and O–H groups in total. The number of carbonyl (C=O) groups excluding carboxylic acids is 1. The van der Waals surface area contributed by atoms with Crippen molar-refractivity contribution < 1.29 is 4.79 Å². The van der Waals surface area contributed by atoms with Crippen molar-refractivity contribution in [3.05, 3.63) is 0 Å². The monoisotopic (exact) mass is 213 g/mol. The Morgan fingerprint density at radius 2 is 1.80 bits per heavy atom. The van der Waals surface area contributed by atoms with Gasteiger partial charge in [0.05, 0.1) is 0 Å². The molecule has 1 saturated heterocycles. The summed E-state index contributed by atoms with van der Waals surface area (Å²) >= 11 is 0. The highest BCUT2D eigenvalue weighted by Crippen LogP contribution is 2.09. The quantitative estimate of drug-likeness (QED) is 0.763. The second-order valence-electron chi connectivity index (χ2n) is 4.44. The molecule has 2 amide bonds. The third-order valence-corrected chi connectivity index (χ3v) is 2.73. The lowest BCUT2D eigenvalue weighted by Gasteiger charge is -2.21. The highest BCUT2D eigenvalue weighted by Gasteiger charge is 2.14. The molecular formula is C11H23N3O. The zero-order chi connectivity index (χ0) is 11.1. The van der Waals surface area contributed by atoms with E-state index in [1.165, 1.54) is 12.8 Å². The van der Waals surface area contributed by atoms with Gasteiger partial charge in [-0.05, 0) is 26.9 Å². The zero-order valence-electron chi connectivity index (χ0n) is 9.96. The van der Waals surface area contributed by atoms with Crippen LogP contribution in [0.25, 0.3) is 0 Å². The van der Waals surface area contributed by atoms with Crippen molar-refractivity contribution >= 4 is 6.03 Å². The Balaban J connectivity index is 2.19. The molecule has 1 fully saturated rings. The first-order valence-corrected chi connectivity index (χ1v) is 5.87. The average molecular weight is 213 g/mol. The van der Waals surface area contributed by atoms with E-state index in [9.17, 15) is 4.79 Å². The van der Waals surface area contributed by atoms with Crippen LogP contribution >= 0.6 is 0 Å². The van der Waals surface area contributed by atoms with Gasteiger partial charge in [-0.2, -0.15) is 0 Å². The lowest BCUT2D eigenvalue weighted by atomic mass is 10.2. The number of likely N-dealkylation sites (N-methyl/N-ethyl adjacent to an activating group) is 1. The van der Waals surface area contributed by atoms with Gasteiger partial charge in [-0.25, -0.2) is 4.79 Å². The van der Waals surface area contributed by atoms with Crippen LogP contribution in [0.2, 0.25) is 0 Å². The zero-order valence-corrected chi connectivity index (χ0v) is 9.96. The molecule has 0 saturated carbocycles. The molecule has 0 aromatic carbocycles. The van der Waals surface area contributed by atoms with E-state index in [2.05, 4.69) is 10.2 Å². The second kappa shape index (κ2) is 6.67. The van der Waals surface area contributed by atoms with Crippen LogP contribution in [0.5, 0.6) is 0 Å². The van der Waals surface area contributed by atoms with Crippen LogP contribution in [0.4, 0.5) is 4.79 Å². The Bertz CT molecular complexity index is 186. The van der Waals surface area contributed by atoms with Gasteiger partial charge in [0.1, 0.15) is 0 Å². The largest absolute Gasteiger partial charge is 0.337 e. The Morgan fingerprint density at radius 1 is 1.20 bits per heavy atom. The van der Waals surface area contributed by atoms with Crippen molar-refractivity contribution in [1.29, 1.82) is 0 Å². The van der Waals surface area contributed by atoms with Crippen LogP contribution in [0.1, 0.15) is 25.7 Å². The average Bonchev–Trinajstić information content (AvgIpc) is 2.44. The molecule has 1 rings (SSSR count). The Hall–Kier alpha value is -0.770. The maximum atomic E-state index is 11.7. The molecule has 0 radical (unpaired) electrons. The van der Waals surface area contributed by atoms with Gasteiger partial charge in [0.25, 0.3) is 0 Å². The SMILES string of the molecule is CN(C)CCNC(=O)N1CCCCCC1. The second-order valence-corrected chi connectivity index (χ2v) is 4.44. The molecule has 88 valence electrons. The number of likely N-dealkylation sites (tertiary alicyclic amines) is 1. The number of urea groups is 1. The molecule has 0 aromatic rings. The van der Waals surface area contributed by atoms with E-state index in [1.54, 1.807) is 0 Å². The lowest BCUT2D eigenvalue weighted by molar-refractivity contribution is 0.198. The summed E-state index contributed by atoms with van der Waals surface area (Å²) in [4.78, 5) is 15.7. The predicted octanol–water partition coefficient (Wildman–Crippen LogP) is 1.13. The van der Waals surface area contributed by atoms with Gasteiger partial charge in [-0.3, -0.25) is 0 Å². The number of hydrogen-bond acceptors (Lipinski definition) is 2. The molecule has 1 aliphatic heterocycles. The fraction of sp³-hybridized carbons (Fsp3) is 0.909. The number of nitrogens with zero attached hydrogens (tertiary/aromatic N) is 2. The van der Waals surface area contributed by atoms with Gasteiger partial charge in [0.15, 0.2) is 0 Å². The first kappa shape index (κ1) is 12.3. The Labute approximate surface area is 92.6 Å². The van der Waals surface area contributed by atoms with Crippen LogP contribution in [-0.4, -0.2) is 56.1 Å². The maximum absolute atomic E-state index is 11.7. The molecule has 0 unspecified atom stereocenters. The topological polar surface area (TPSA) is 35.6 Å². The molecule has 0 aromatic heterocycles. The fourth-order valence-electron chi connectivity index (χ4n) is 1.77. The minimum absolute atomic E-state index is 0.110. The van der Waals surface area contributed by atoms with Crippen LogP contribution in [-0.2, 0) is 0 Å². The molecule has 15 heavy (non-hydrogen) atoms. The standard InChI is InChI=1S/C11H23N3O/c1-13(2)10-7-12-11(15)14-8-5-3-4-6-9-14/h3-10H2,1-2H3,(H,12,15). The van der Waals surface area contributed by atoms with Crippen LogP contribution in [0, 0.1) is 0 Å². The summed E-state index contributed by atoms with van der Waals surface area (Å²) in [5, 5.41) is 2.96. The van der Waals surface area contributed by atoms with E-state index in [0.717, 1.165) is 39.0 Å². The number of carbonyl (C=O) groups is 1. The first-order valence-electron chi connectivity index (χ1n) is 5.87. The van der Waals surface area contributed by atoms with E-state index in [1.807, 2.05) is 19.0 Å².